The van der Waals surface area contributed by atoms with Crippen molar-refractivity contribution in [3.63, 3.8) is 0 Å². The standard InChI is InChI=1S/C20H31N3O3.ClH/c1-4-23(5-2)19(25)17-8-6-16(7-9-17)18(24)22-14-20(15-26-3)10-12-21-13-11-20;/h6-9,21H,4-5,10-15H2,1-3H3,(H,22,24);1H. The minimum atomic E-state index is -0.110. The molecule has 1 fully saturated rings. The maximum absolute atomic E-state index is 12.5. The van der Waals surface area contributed by atoms with Gasteiger partial charge in [-0.1, -0.05) is 0 Å². The van der Waals surface area contributed by atoms with Crippen molar-refractivity contribution in [3.8, 4) is 0 Å². The van der Waals surface area contributed by atoms with Crippen molar-refractivity contribution in [3.05, 3.63) is 35.4 Å². The largest absolute Gasteiger partial charge is 0.384 e. The third kappa shape index (κ3) is 6.19. The maximum Gasteiger partial charge on any atom is 0.253 e. The molecule has 2 amide bonds. The summed E-state index contributed by atoms with van der Waals surface area (Å²) in [5, 5.41) is 6.39. The predicted octanol–water partition coefficient (Wildman–Crippen LogP) is 2.34. The van der Waals surface area contributed by atoms with Gasteiger partial charge in [0.05, 0.1) is 6.61 Å². The van der Waals surface area contributed by atoms with Crippen LogP contribution in [0, 0.1) is 5.41 Å². The van der Waals surface area contributed by atoms with E-state index in [4.69, 9.17) is 4.74 Å². The number of amides is 2. The highest BCUT2D eigenvalue weighted by molar-refractivity contribution is 5.97. The Labute approximate surface area is 168 Å². The van der Waals surface area contributed by atoms with E-state index in [2.05, 4.69) is 10.6 Å². The summed E-state index contributed by atoms with van der Waals surface area (Å²) >= 11 is 0. The minimum absolute atomic E-state index is 0. The summed E-state index contributed by atoms with van der Waals surface area (Å²) in [6, 6.07) is 6.89. The molecule has 1 aliphatic rings. The number of nitrogens with zero attached hydrogens (tertiary/aromatic N) is 1. The summed E-state index contributed by atoms with van der Waals surface area (Å²) in [6.45, 7) is 8.40. The number of hydrogen-bond donors (Lipinski definition) is 2. The van der Waals surface area contributed by atoms with Gasteiger partial charge < -0.3 is 20.3 Å². The van der Waals surface area contributed by atoms with Gasteiger partial charge in [-0.15, -0.1) is 12.4 Å². The zero-order valence-electron chi connectivity index (χ0n) is 16.5. The van der Waals surface area contributed by atoms with E-state index in [0.717, 1.165) is 25.9 Å². The number of benzene rings is 1. The number of carbonyl (C=O) groups excluding carboxylic acids is 2. The van der Waals surface area contributed by atoms with E-state index in [0.29, 0.717) is 37.4 Å². The predicted molar refractivity (Wildman–Crippen MR) is 110 cm³/mol. The normalized spacial score (nSPS) is 15.5. The Morgan fingerprint density at radius 2 is 1.67 bits per heavy atom. The molecular formula is C20H32ClN3O3. The number of carbonyl (C=O) groups is 2. The van der Waals surface area contributed by atoms with Crippen LogP contribution < -0.4 is 10.6 Å². The number of piperidine rings is 1. The zero-order chi connectivity index (χ0) is 19.0. The number of hydrogen-bond acceptors (Lipinski definition) is 4. The average Bonchev–Trinajstić information content (AvgIpc) is 2.68. The molecule has 6 nitrogen and oxygen atoms in total. The lowest BCUT2D eigenvalue weighted by atomic mass is 9.79. The molecule has 1 aromatic rings. The van der Waals surface area contributed by atoms with Crippen LogP contribution in [-0.2, 0) is 4.74 Å². The summed E-state index contributed by atoms with van der Waals surface area (Å²) in [5.41, 5.74) is 1.18. The Hall–Kier alpha value is -1.63. The highest BCUT2D eigenvalue weighted by atomic mass is 35.5. The molecule has 0 aliphatic carbocycles. The van der Waals surface area contributed by atoms with E-state index in [-0.39, 0.29) is 29.6 Å². The maximum atomic E-state index is 12.5. The SMILES string of the molecule is CCN(CC)C(=O)c1ccc(C(=O)NCC2(COC)CCNCC2)cc1.Cl. The second-order valence-electron chi connectivity index (χ2n) is 6.92. The van der Waals surface area contributed by atoms with Crippen LogP contribution in [0.15, 0.2) is 24.3 Å². The molecule has 2 rings (SSSR count). The number of halogens is 1. The van der Waals surface area contributed by atoms with Crippen molar-refractivity contribution in [2.75, 3.05) is 46.4 Å². The van der Waals surface area contributed by atoms with E-state index in [1.54, 1.807) is 36.3 Å². The quantitative estimate of drug-likeness (QED) is 0.706. The Morgan fingerprint density at radius 1 is 1.11 bits per heavy atom. The number of ether oxygens (including phenoxy) is 1. The van der Waals surface area contributed by atoms with Gasteiger partial charge in [0.1, 0.15) is 0 Å². The van der Waals surface area contributed by atoms with Crippen molar-refractivity contribution < 1.29 is 14.3 Å². The smallest absolute Gasteiger partial charge is 0.253 e. The summed E-state index contributed by atoms with van der Waals surface area (Å²) in [7, 11) is 1.71. The molecule has 0 atom stereocenters. The molecule has 7 heteroatoms. The number of methoxy groups -OCH3 is 1. The molecule has 1 aromatic carbocycles. The third-order valence-corrected chi connectivity index (χ3v) is 5.18. The minimum Gasteiger partial charge on any atom is -0.384 e. The summed E-state index contributed by atoms with van der Waals surface area (Å²) in [5.74, 6) is -0.114. The number of nitrogens with one attached hydrogen (secondary N) is 2. The molecule has 1 heterocycles. The first-order valence-corrected chi connectivity index (χ1v) is 9.42. The zero-order valence-corrected chi connectivity index (χ0v) is 17.4. The Bertz CT molecular complexity index is 591. The fourth-order valence-electron chi connectivity index (χ4n) is 3.46. The van der Waals surface area contributed by atoms with Gasteiger partial charge in [0.25, 0.3) is 11.8 Å². The monoisotopic (exact) mass is 397 g/mol. The first-order valence-electron chi connectivity index (χ1n) is 9.42. The summed E-state index contributed by atoms with van der Waals surface area (Å²) < 4.78 is 5.39. The van der Waals surface area contributed by atoms with Crippen molar-refractivity contribution in [1.29, 1.82) is 0 Å². The van der Waals surface area contributed by atoms with Crippen molar-refractivity contribution >= 4 is 24.2 Å². The topological polar surface area (TPSA) is 70.7 Å². The average molecular weight is 398 g/mol. The molecular weight excluding hydrogens is 366 g/mol. The Morgan fingerprint density at radius 3 is 2.19 bits per heavy atom. The van der Waals surface area contributed by atoms with E-state index >= 15 is 0 Å². The molecule has 0 radical (unpaired) electrons. The molecule has 1 saturated heterocycles. The fraction of sp³-hybridized carbons (Fsp3) is 0.600. The fourth-order valence-corrected chi connectivity index (χ4v) is 3.46. The first-order chi connectivity index (χ1) is 12.5. The van der Waals surface area contributed by atoms with E-state index in [1.807, 2.05) is 13.8 Å². The van der Waals surface area contributed by atoms with Gasteiger partial charge in [0.15, 0.2) is 0 Å². The van der Waals surface area contributed by atoms with Gasteiger partial charge >= 0.3 is 0 Å². The van der Waals surface area contributed by atoms with Crippen LogP contribution in [0.25, 0.3) is 0 Å². The van der Waals surface area contributed by atoms with Crippen molar-refractivity contribution in [2.45, 2.75) is 26.7 Å². The third-order valence-electron chi connectivity index (χ3n) is 5.18. The lowest BCUT2D eigenvalue weighted by molar-refractivity contribution is 0.0511. The lowest BCUT2D eigenvalue weighted by Gasteiger charge is -2.37. The van der Waals surface area contributed by atoms with Gasteiger partial charge in [-0.2, -0.15) is 0 Å². The van der Waals surface area contributed by atoms with E-state index in [9.17, 15) is 9.59 Å². The molecule has 0 saturated carbocycles. The first kappa shape index (κ1) is 23.4. The van der Waals surface area contributed by atoms with E-state index in [1.165, 1.54) is 0 Å². The molecule has 0 unspecified atom stereocenters. The van der Waals surface area contributed by atoms with Crippen molar-refractivity contribution in [2.24, 2.45) is 5.41 Å². The molecule has 27 heavy (non-hydrogen) atoms. The van der Waals surface area contributed by atoms with Gasteiger partial charge in [-0.25, -0.2) is 0 Å². The van der Waals surface area contributed by atoms with Gasteiger partial charge in [-0.3, -0.25) is 9.59 Å². The van der Waals surface area contributed by atoms with E-state index < -0.39 is 0 Å². The molecule has 1 aliphatic heterocycles. The molecule has 0 aromatic heterocycles. The Balaban J connectivity index is 0.00000364. The van der Waals surface area contributed by atoms with Gasteiger partial charge in [0, 0.05) is 43.3 Å². The Kier molecular flexibility index (Phi) is 9.77. The van der Waals surface area contributed by atoms with Crippen LogP contribution in [0.4, 0.5) is 0 Å². The second-order valence-corrected chi connectivity index (χ2v) is 6.92. The molecule has 0 spiro atoms. The highest BCUT2D eigenvalue weighted by Gasteiger charge is 2.32. The van der Waals surface area contributed by atoms with Crippen LogP contribution >= 0.6 is 12.4 Å². The lowest BCUT2D eigenvalue weighted by Crippen LogP contribution is -2.47. The van der Waals surface area contributed by atoms with Crippen LogP contribution in [0.1, 0.15) is 47.4 Å². The second kappa shape index (κ2) is 11.3. The highest BCUT2D eigenvalue weighted by Crippen LogP contribution is 2.28. The van der Waals surface area contributed by atoms with Gasteiger partial charge in [0.2, 0.25) is 0 Å². The summed E-state index contributed by atoms with van der Waals surface area (Å²) in [4.78, 5) is 26.6. The van der Waals surface area contributed by atoms with Crippen LogP contribution in [-0.4, -0.2) is 63.2 Å². The number of rotatable bonds is 8. The van der Waals surface area contributed by atoms with Crippen LogP contribution in [0.3, 0.4) is 0 Å². The molecule has 0 bridgehead atoms. The van der Waals surface area contributed by atoms with Crippen molar-refractivity contribution in [1.82, 2.24) is 15.5 Å². The van der Waals surface area contributed by atoms with Crippen LogP contribution in [0.5, 0.6) is 0 Å². The molecule has 2 N–H and O–H groups in total. The summed E-state index contributed by atoms with van der Waals surface area (Å²) in [6.07, 6.45) is 1.97. The van der Waals surface area contributed by atoms with Gasteiger partial charge in [-0.05, 0) is 64.0 Å². The molecule has 152 valence electrons. The van der Waals surface area contributed by atoms with Crippen LogP contribution in [0.2, 0.25) is 0 Å².